The van der Waals surface area contributed by atoms with Gasteiger partial charge in [-0.25, -0.2) is 4.98 Å². The lowest BCUT2D eigenvalue weighted by molar-refractivity contribution is -0.124. The largest absolute Gasteiger partial charge is 0.369 e. The van der Waals surface area contributed by atoms with Crippen molar-refractivity contribution >= 4 is 28.3 Å². The topological polar surface area (TPSA) is 85.1 Å². The fraction of sp³-hybridized carbons (Fsp3) is 0.286. The maximum atomic E-state index is 11.0. The maximum Gasteiger partial charge on any atom is 0.235 e. The molecule has 1 aromatic heterocycles. The van der Waals surface area contributed by atoms with Crippen molar-refractivity contribution in [2.45, 2.75) is 13.3 Å². The van der Waals surface area contributed by atoms with E-state index in [-0.39, 0.29) is 6.42 Å². The van der Waals surface area contributed by atoms with E-state index in [2.05, 4.69) is 10.3 Å². The van der Waals surface area contributed by atoms with Crippen molar-refractivity contribution < 1.29 is 9.59 Å². The van der Waals surface area contributed by atoms with Crippen molar-refractivity contribution in [3.8, 4) is 0 Å². The summed E-state index contributed by atoms with van der Waals surface area (Å²) in [6, 6.07) is 0. The Morgan fingerprint density at radius 3 is 2.85 bits per heavy atom. The van der Waals surface area contributed by atoms with E-state index >= 15 is 0 Å². The van der Waals surface area contributed by atoms with Gasteiger partial charge in [-0.05, 0) is 6.92 Å². The third-order valence-electron chi connectivity index (χ3n) is 1.20. The van der Waals surface area contributed by atoms with Crippen molar-refractivity contribution in [3.05, 3.63) is 11.1 Å². The van der Waals surface area contributed by atoms with Crippen molar-refractivity contribution in [1.82, 2.24) is 4.98 Å². The number of carbonyl (C=O) groups is 2. The monoisotopic (exact) mass is 199 g/mol. The first-order valence-electron chi connectivity index (χ1n) is 3.58. The first-order chi connectivity index (χ1) is 6.08. The van der Waals surface area contributed by atoms with Gasteiger partial charge in [-0.1, -0.05) is 0 Å². The van der Waals surface area contributed by atoms with Crippen LogP contribution in [0.25, 0.3) is 0 Å². The number of nitrogens with two attached hydrogens (primary N) is 1. The number of aryl methyl sites for hydroxylation is 1. The zero-order valence-corrected chi connectivity index (χ0v) is 7.85. The number of thiazole rings is 1. The zero-order chi connectivity index (χ0) is 9.84. The first-order valence-corrected chi connectivity index (χ1v) is 4.40. The standard InChI is InChI=1S/C7H9N3O2S/c1-4-3-9-7(13-4)10-6(12)2-5(8)11/h3H,2H2,1H3,(H2,8,11)(H,9,10,12). The summed E-state index contributed by atoms with van der Waals surface area (Å²) in [6.07, 6.45) is 1.34. The van der Waals surface area contributed by atoms with Gasteiger partial charge in [0.15, 0.2) is 5.13 Å². The average molecular weight is 199 g/mol. The highest BCUT2D eigenvalue weighted by Gasteiger charge is 2.07. The minimum absolute atomic E-state index is 0.307. The number of primary amides is 1. The Balaban J connectivity index is 2.50. The molecular weight excluding hydrogens is 190 g/mol. The first kappa shape index (κ1) is 9.66. The summed E-state index contributed by atoms with van der Waals surface area (Å²) >= 11 is 1.35. The van der Waals surface area contributed by atoms with Gasteiger partial charge in [0.05, 0.1) is 0 Å². The average Bonchev–Trinajstić information content (AvgIpc) is 2.33. The molecular formula is C7H9N3O2S. The third-order valence-corrected chi connectivity index (χ3v) is 2.03. The van der Waals surface area contributed by atoms with Crippen LogP contribution in [0, 0.1) is 6.92 Å². The molecule has 0 aliphatic heterocycles. The van der Waals surface area contributed by atoms with Crippen molar-refractivity contribution in [2.24, 2.45) is 5.73 Å². The minimum Gasteiger partial charge on any atom is -0.369 e. The molecule has 70 valence electrons. The van der Waals surface area contributed by atoms with Gasteiger partial charge in [0.1, 0.15) is 6.42 Å². The molecule has 0 unspecified atom stereocenters. The molecule has 0 fully saturated rings. The molecule has 5 nitrogen and oxygen atoms in total. The number of hydrogen-bond donors (Lipinski definition) is 2. The number of amides is 2. The van der Waals surface area contributed by atoms with Gasteiger partial charge >= 0.3 is 0 Å². The highest BCUT2D eigenvalue weighted by atomic mass is 32.1. The Morgan fingerprint density at radius 1 is 1.69 bits per heavy atom. The zero-order valence-electron chi connectivity index (χ0n) is 7.03. The normalized spacial score (nSPS) is 9.62. The SMILES string of the molecule is Cc1cnc(NC(=O)CC(N)=O)s1. The Labute approximate surface area is 79.0 Å². The van der Waals surface area contributed by atoms with E-state index in [9.17, 15) is 9.59 Å². The lowest BCUT2D eigenvalue weighted by Crippen LogP contribution is -2.21. The van der Waals surface area contributed by atoms with E-state index in [0.717, 1.165) is 4.88 Å². The van der Waals surface area contributed by atoms with Crippen LogP contribution >= 0.6 is 11.3 Å². The summed E-state index contributed by atoms with van der Waals surface area (Å²) in [6.45, 7) is 1.88. The van der Waals surface area contributed by atoms with Crippen LogP contribution in [-0.2, 0) is 9.59 Å². The Kier molecular flexibility index (Phi) is 2.97. The van der Waals surface area contributed by atoms with Gasteiger partial charge in [-0.15, -0.1) is 11.3 Å². The molecule has 0 saturated heterocycles. The number of nitrogens with zero attached hydrogens (tertiary/aromatic N) is 1. The minimum atomic E-state index is -0.647. The predicted octanol–water partition coefficient (Wildman–Crippen LogP) is 0.265. The van der Waals surface area contributed by atoms with Crippen LogP contribution in [0.5, 0.6) is 0 Å². The summed E-state index contributed by atoms with van der Waals surface area (Å²) in [5.41, 5.74) is 4.84. The fourth-order valence-corrected chi connectivity index (χ4v) is 1.41. The van der Waals surface area contributed by atoms with Gasteiger partial charge in [-0.2, -0.15) is 0 Å². The summed E-state index contributed by atoms with van der Waals surface area (Å²) in [7, 11) is 0. The van der Waals surface area contributed by atoms with Gasteiger partial charge in [0.25, 0.3) is 0 Å². The second-order valence-corrected chi connectivity index (χ2v) is 3.70. The Hall–Kier alpha value is -1.43. The summed E-state index contributed by atoms with van der Waals surface area (Å²) in [4.78, 5) is 26.2. The Bertz CT molecular complexity index is 334. The number of rotatable bonds is 3. The van der Waals surface area contributed by atoms with Crippen LogP contribution in [-0.4, -0.2) is 16.8 Å². The molecule has 0 atom stereocenters. The second kappa shape index (κ2) is 3.99. The summed E-state index contributed by atoms with van der Waals surface area (Å²) in [5.74, 6) is -1.08. The molecule has 1 aromatic rings. The van der Waals surface area contributed by atoms with Gasteiger partial charge in [0.2, 0.25) is 11.8 Å². The highest BCUT2D eigenvalue weighted by molar-refractivity contribution is 7.15. The maximum absolute atomic E-state index is 11.0. The van der Waals surface area contributed by atoms with Crippen molar-refractivity contribution in [1.29, 1.82) is 0 Å². The molecule has 1 rings (SSSR count). The number of anilines is 1. The van der Waals surface area contributed by atoms with Crippen LogP contribution in [0.15, 0.2) is 6.20 Å². The van der Waals surface area contributed by atoms with Crippen LogP contribution in [0.1, 0.15) is 11.3 Å². The molecule has 0 aromatic carbocycles. The molecule has 2 amide bonds. The van der Waals surface area contributed by atoms with E-state index < -0.39 is 11.8 Å². The lowest BCUT2D eigenvalue weighted by atomic mass is 10.4. The fourth-order valence-electron chi connectivity index (χ4n) is 0.734. The number of hydrogen-bond acceptors (Lipinski definition) is 4. The highest BCUT2D eigenvalue weighted by Crippen LogP contribution is 2.16. The molecule has 0 radical (unpaired) electrons. The van der Waals surface area contributed by atoms with E-state index in [1.54, 1.807) is 6.20 Å². The molecule has 6 heteroatoms. The predicted molar refractivity (Wildman–Crippen MR) is 49.3 cm³/mol. The van der Waals surface area contributed by atoms with Crippen LogP contribution in [0.4, 0.5) is 5.13 Å². The number of nitrogens with one attached hydrogen (secondary N) is 1. The van der Waals surface area contributed by atoms with Crippen LogP contribution in [0.3, 0.4) is 0 Å². The molecule has 0 aliphatic rings. The molecule has 0 saturated carbocycles. The quantitative estimate of drug-likeness (QED) is 0.685. The summed E-state index contributed by atoms with van der Waals surface area (Å²) in [5, 5.41) is 2.95. The van der Waals surface area contributed by atoms with Gasteiger partial charge in [0, 0.05) is 11.1 Å². The molecule has 13 heavy (non-hydrogen) atoms. The second-order valence-electron chi connectivity index (χ2n) is 2.47. The molecule has 0 bridgehead atoms. The van der Waals surface area contributed by atoms with E-state index in [1.165, 1.54) is 11.3 Å². The number of carbonyl (C=O) groups excluding carboxylic acids is 2. The molecule has 3 N–H and O–H groups in total. The van der Waals surface area contributed by atoms with Crippen LogP contribution < -0.4 is 11.1 Å². The van der Waals surface area contributed by atoms with E-state index in [1.807, 2.05) is 6.92 Å². The van der Waals surface area contributed by atoms with Gasteiger partial charge in [-0.3, -0.25) is 9.59 Å². The van der Waals surface area contributed by atoms with Crippen LogP contribution in [0.2, 0.25) is 0 Å². The van der Waals surface area contributed by atoms with Crippen molar-refractivity contribution in [3.63, 3.8) is 0 Å². The molecule has 0 aliphatic carbocycles. The number of aromatic nitrogens is 1. The van der Waals surface area contributed by atoms with Gasteiger partial charge < -0.3 is 11.1 Å². The van der Waals surface area contributed by atoms with E-state index in [4.69, 9.17) is 5.73 Å². The summed E-state index contributed by atoms with van der Waals surface area (Å²) < 4.78 is 0. The molecule has 0 spiro atoms. The Morgan fingerprint density at radius 2 is 2.38 bits per heavy atom. The van der Waals surface area contributed by atoms with Crippen molar-refractivity contribution in [2.75, 3.05) is 5.32 Å². The smallest absolute Gasteiger partial charge is 0.235 e. The lowest BCUT2D eigenvalue weighted by Gasteiger charge is -1.96. The van der Waals surface area contributed by atoms with E-state index in [0.29, 0.717) is 5.13 Å². The third kappa shape index (κ3) is 3.20. The molecule has 1 heterocycles.